The van der Waals surface area contributed by atoms with Gasteiger partial charge in [-0.05, 0) is 18.9 Å². The zero-order valence-electron chi connectivity index (χ0n) is 13.4. The van der Waals surface area contributed by atoms with E-state index >= 15 is 0 Å². The Bertz CT molecular complexity index is 476. The third kappa shape index (κ3) is 4.96. The first kappa shape index (κ1) is 19.5. The van der Waals surface area contributed by atoms with Crippen molar-refractivity contribution in [1.29, 1.82) is 0 Å². The highest BCUT2D eigenvalue weighted by atomic mass is 32.2. The largest absolute Gasteiger partial charge is 0.500 e. The van der Waals surface area contributed by atoms with E-state index in [1.165, 1.54) is 28.2 Å². The monoisotopic (exact) mass is 366 g/mol. The number of hydrogen-bond acceptors (Lipinski definition) is 8. The van der Waals surface area contributed by atoms with Gasteiger partial charge in [-0.25, -0.2) is 4.79 Å². The predicted molar refractivity (Wildman–Crippen MR) is 88.6 cm³/mol. The number of hydrogen-bond donors (Lipinski definition) is 1. The number of rotatable bonds is 9. The Hall–Kier alpha value is -0.593. The molecule has 0 saturated heterocycles. The minimum absolute atomic E-state index is 0.295. The molecule has 0 fully saturated rings. The van der Waals surface area contributed by atoms with E-state index in [0.29, 0.717) is 29.3 Å². The van der Waals surface area contributed by atoms with E-state index in [0.717, 1.165) is 0 Å². The molecule has 8 nitrogen and oxygen atoms in total. The van der Waals surface area contributed by atoms with Crippen LogP contribution in [-0.2, 0) is 13.3 Å². The summed E-state index contributed by atoms with van der Waals surface area (Å²) < 4.78 is 17.3. The number of aromatic nitrogens is 3. The van der Waals surface area contributed by atoms with Gasteiger partial charge in [0.2, 0.25) is 5.16 Å². The summed E-state index contributed by atoms with van der Waals surface area (Å²) in [5, 5.41) is 8.10. The van der Waals surface area contributed by atoms with Crippen LogP contribution < -0.4 is 5.32 Å². The van der Waals surface area contributed by atoms with E-state index < -0.39 is 8.80 Å². The molecule has 0 aliphatic heterocycles. The number of thioether (sulfide) groups is 2. The summed E-state index contributed by atoms with van der Waals surface area (Å²) in [7, 11) is 2.13. The van der Waals surface area contributed by atoms with Crippen LogP contribution in [0, 0.1) is 0 Å². The zero-order valence-corrected chi connectivity index (χ0v) is 16.0. The highest BCUT2D eigenvalue weighted by Gasteiger charge is 2.36. The predicted octanol–water partition coefficient (Wildman–Crippen LogP) is 1.55. The van der Waals surface area contributed by atoms with Crippen LogP contribution in [0.1, 0.15) is 6.42 Å². The van der Waals surface area contributed by atoms with Crippen LogP contribution in [0.3, 0.4) is 0 Å². The van der Waals surface area contributed by atoms with Gasteiger partial charge < -0.3 is 18.6 Å². The van der Waals surface area contributed by atoms with E-state index in [1.807, 2.05) is 12.5 Å². The normalized spacial score (nSPS) is 11.7. The number of nitrogens with zero attached hydrogens (tertiary/aromatic N) is 3. The molecule has 11 heteroatoms. The molecule has 1 rings (SSSR count). The second-order valence-corrected chi connectivity index (χ2v) is 8.77. The third-order valence-electron chi connectivity index (χ3n) is 2.98. The lowest BCUT2D eigenvalue weighted by atomic mass is 10.5. The molecular weight excluding hydrogens is 344 g/mol. The molecule has 1 heterocycles. The Kier molecular flexibility index (Phi) is 8.42. The highest BCUT2D eigenvalue weighted by Crippen LogP contribution is 2.17. The summed E-state index contributed by atoms with van der Waals surface area (Å²) in [4.78, 5) is 16.4. The summed E-state index contributed by atoms with van der Waals surface area (Å²) in [6, 6.07) is 0.330. The van der Waals surface area contributed by atoms with Crippen LogP contribution in [0.25, 0.3) is 0 Å². The molecule has 1 aromatic rings. The molecule has 22 heavy (non-hydrogen) atoms. The van der Waals surface area contributed by atoms with Crippen LogP contribution in [-0.4, -0.2) is 70.0 Å². The fraction of sp³-hybridized carbons (Fsp3) is 0.727. The third-order valence-corrected chi connectivity index (χ3v) is 6.98. The maximum absolute atomic E-state index is 12.1. The molecule has 0 radical (unpaired) electrons. The Morgan fingerprint density at radius 3 is 2.36 bits per heavy atom. The Labute approximate surface area is 140 Å². The Morgan fingerprint density at radius 1 is 1.23 bits per heavy atom. The molecule has 1 aromatic heterocycles. The highest BCUT2D eigenvalue weighted by molar-refractivity contribution is 7.99. The van der Waals surface area contributed by atoms with Crippen molar-refractivity contribution in [1.82, 2.24) is 20.1 Å². The molecule has 1 amide bonds. The number of carbonyl (C=O) groups excluding carboxylic acids is 1. The maximum atomic E-state index is 12.1. The summed E-state index contributed by atoms with van der Waals surface area (Å²) in [6.07, 6.45) is 4.41. The van der Waals surface area contributed by atoms with Gasteiger partial charge in [-0.1, -0.05) is 23.5 Å². The molecule has 0 atom stereocenters. The Morgan fingerprint density at radius 2 is 1.86 bits per heavy atom. The molecule has 126 valence electrons. The van der Waals surface area contributed by atoms with Crippen LogP contribution in [0.4, 0.5) is 4.79 Å². The van der Waals surface area contributed by atoms with Gasteiger partial charge in [0.25, 0.3) is 0 Å². The standard InChI is InChI=1S/C11H22N4O4S2Si/c1-17-22(18-2,19-3)8-6-7-12-10(16)15-11(21-5)13-9(14-15)20-4/h6-8H2,1-5H3,(H,12,16). The van der Waals surface area contributed by atoms with Crippen molar-refractivity contribution in [3.05, 3.63) is 0 Å². The van der Waals surface area contributed by atoms with Gasteiger partial charge in [-0.15, -0.1) is 5.10 Å². The van der Waals surface area contributed by atoms with Gasteiger partial charge in [0.1, 0.15) is 0 Å². The van der Waals surface area contributed by atoms with E-state index in [9.17, 15) is 4.79 Å². The average molecular weight is 367 g/mol. The smallest absolute Gasteiger partial charge is 0.377 e. The van der Waals surface area contributed by atoms with Gasteiger partial charge in [-0.2, -0.15) is 9.67 Å². The first-order chi connectivity index (χ1) is 10.6. The second-order valence-electron chi connectivity index (χ2n) is 4.13. The van der Waals surface area contributed by atoms with Gasteiger partial charge in [0, 0.05) is 33.9 Å². The number of nitrogens with one attached hydrogen (secondary N) is 1. The second kappa shape index (κ2) is 9.52. The Balaban J connectivity index is 2.51. The first-order valence-electron chi connectivity index (χ1n) is 6.54. The molecule has 1 N–H and O–H groups in total. The fourth-order valence-electron chi connectivity index (χ4n) is 1.76. The van der Waals surface area contributed by atoms with Crippen molar-refractivity contribution < 1.29 is 18.1 Å². The van der Waals surface area contributed by atoms with Crippen molar-refractivity contribution in [2.75, 3.05) is 40.4 Å². The number of amides is 1. The molecule has 0 aliphatic carbocycles. The fourth-order valence-corrected chi connectivity index (χ4v) is 4.36. The molecule has 0 spiro atoms. The quantitative estimate of drug-likeness (QED) is 0.400. The SMILES string of the molecule is CO[Si](CCCNC(=O)n1nc(SC)nc1SC)(OC)OC. The van der Waals surface area contributed by atoms with Gasteiger partial charge >= 0.3 is 14.8 Å². The van der Waals surface area contributed by atoms with Crippen molar-refractivity contribution in [2.24, 2.45) is 0 Å². The van der Waals surface area contributed by atoms with Gasteiger partial charge in [0.05, 0.1) is 0 Å². The summed E-state index contributed by atoms with van der Waals surface area (Å²) in [5.41, 5.74) is 0. The minimum atomic E-state index is -2.58. The maximum Gasteiger partial charge on any atom is 0.500 e. The zero-order chi connectivity index (χ0) is 16.6. The van der Waals surface area contributed by atoms with Crippen LogP contribution >= 0.6 is 23.5 Å². The van der Waals surface area contributed by atoms with E-state index in [2.05, 4.69) is 15.4 Å². The number of carbonyl (C=O) groups is 1. The molecule has 0 unspecified atom stereocenters. The lowest BCUT2D eigenvalue weighted by Gasteiger charge is -2.24. The van der Waals surface area contributed by atoms with E-state index in [4.69, 9.17) is 13.3 Å². The van der Waals surface area contributed by atoms with Crippen molar-refractivity contribution in [2.45, 2.75) is 22.8 Å². The van der Waals surface area contributed by atoms with Gasteiger partial charge in [0.15, 0.2) is 5.16 Å². The van der Waals surface area contributed by atoms with Crippen molar-refractivity contribution in [3.8, 4) is 0 Å². The molecule has 0 aliphatic rings. The minimum Gasteiger partial charge on any atom is -0.377 e. The molecule has 0 saturated carbocycles. The van der Waals surface area contributed by atoms with E-state index in [-0.39, 0.29) is 6.03 Å². The summed E-state index contributed by atoms with van der Waals surface area (Å²) >= 11 is 2.77. The van der Waals surface area contributed by atoms with Crippen LogP contribution in [0.15, 0.2) is 10.3 Å². The molecular formula is C11H22N4O4S2Si. The van der Waals surface area contributed by atoms with Crippen LogP contribution in [0.2, 0.25) is 6.04 Å². The summed E-state index contributed by atoms with van der Waals surface area (Å²) in [6.45, 7) is 0.478. The lowest BCUT2D eigenvalue weighted by Crippen LogP contribution is -2.43. The summed E-state index contributed by atoms with van der Waals surface area (Å²) in [5.74, 6) is 0. The van der Waals surface area contributed by atoms with Crippen LogP contribution in [0.5, 0.6) is 0 Å². The molecule has 0 aromatic carbocycles. The first-order valence-corrected chi connectivity index (χ1v) is 10.9. The molecule has 0 bridgehead atoms. The van der Waals surface area contributed by atoms with E-state index in [1.54, 1.807) is 21.3 Å². The van der Waals surface area contributed by atoms with Gasteiger partial charge in [-0.3, -0.25) is 0 Å². The average Bonchev–Trinajstić information content (AvgIpc) is 2.99. The van der Waals surface area contributed by atoms with Crippen molar-refractivity contribution >= 4 is 38.4 Å². The topological polar surface area (TPSA) is 87.5 Å². The lowest BCUT2D eigenvalue weighted by molar-refractivity contribution is 0.123. The van der Waals surface area contributed by atoms with Crippen molar-refractivity contribution in [3.63, 3.8) is 0 Å².